The minimum absolute atomic E-state index is 0.0369. The molecule has 0 spiro atoms. The molecular formula is C12H25NO3S. The first-order valence-electron chi connectivity index (χ1n) is 6.15. The first kappa shape index (κ1) is 16.4. The molecule has 0 aromatic carbocycles. The van der Waals surface area contributed by atoms with Crippen molar-refractivity contribution in [2.75, 3.05) is 18.6 Å². The van der Waals surface area contributed by atoms with E-state index >= 15 is 0 Å². The molecule has 0 aromatic rings. The molecule has 1 unspecified atom stereocenters. The monoisotopic (exact) mass is 263 g/mol. The van der Waals surface area contributed by atoms with Gasteiger partial charge >= 0.3 is 0 Å². The Labute approximate surface area is 105 Å². The molecule has 102 valence electrons. The summed E-state index contributed by atoms with van der Waals surface area (Å²) >= 11 is 0. The Morgan fingerprint density at radius 2 is 1.76 bits per heavy atom. The van der Waals surface area contributed by atoms with Gasteiger partial charge in [-0.15, -0.1) is 0 Å². The summed E-state index contributed by atoms with van der Waals surface area (Å²) in [7, 11) is -1.36. The lowest BCUT2D eigenvalue weighted by molar-refractivity contribution is -0.131. The van der Waals surface area contributed by atoms with Gasteiger partial charge < -0.3 is 4.90 Å². The highest BCUT2D eigenvalue weighted by molar-refractivity contribution is 7.91. The zero-order chi connectivity index (χ0) is 13.6. The molecule has 0 aromatic heterocycles. The number of rotatable bonds is 7. The number of nitrogens with zero attached hydrogens (tertiary/aromatic N) is 1. The lowest BCUT2D eigenvalue weighted by atomic mass is 10.2. The summed E-state index contributed by atoms with van der Waals surface area (Å²) in [6, 6.07) is 0.162. The Hall–Kier alpha value is -0.580. The highest BCUT2D eigenvalue weighted by Gasteiger charge is 2.19. The van der Waals surface area contributed by atoms with E-state index in [2.05, 4.69) is 0 Å². The highest BCUT2D eigenvalue weighted by Crippen LogP contribution is 2.06. The average molecular weight is 263 g/mol. The number of sulfone groups is 1. The summed E-state index contributed by atoms with van der Waals surface area (Å²) in [5, 5.41) is 0. The fourth-order valence-corrected chi connectivity index (χ4v) is 3.20. The van der Waals surface area contributed by atoms with E-state index in [1.54, 1.807) is 11.9 Å². The van der Waals surface area contributed by atoms with E-state index in [1.165, 1.54) is 0 Å². The van der Waals surface area contributed by atoms with Crippen molar-refractivity contribution in [3.8, 4) is 0 Å². The molecule has 0 radical (unpaired) electrons. The molecule has 0 rings (SSSR count). The van der Waals surface area contributed by atoms with Crippen LogP contribution in [0.3, 0.4) is 0 Å². The summed E-state index contributed by atoms with van der Waals surface area (Å²) in [6.07, 6.45) is 0.969. The second-order valence-electron chi connectivity index (χ2n) is 5.02. The average Bonchev–Trinajstić information content (AvgIpc) is 2.22. The van der Waals surface area contributed by atoms with Crippen molar-refractivity contribution >= 4 is 15.7 Å². The molecule has 0 N–H and O–H groups in total. The van der Waals surface area contributed by atoms with E-state index < -0.39 is 9.84 Å². The minimum Gasteiger partial charge on any atom is -0.343 e. The molecule has 17 heavy (non-hydrogen) atoms. The van der Waals surface area contributed by atoms with Crippen molar-refractivity contribution in [1.29, 1.82) is 0 Å². The van der Waals surface area contributed by atoms with Crippen molar-refractivity contribution in [2.24, 2.45) is 5.92 Å². The van der Waals surface area contributed by atoms with E-state index in [0.29, 0.717) is 0 Å². The van der Waals surface area contributed by atoms with E-state index in [-0.39, 0.29) is 35.8 Å². The number of hydrogen-bond acceptors (Lipinski definition) is 3. The topological polar surface area (TPSA) is 54.5 Å². The summed E-state index contributed by atoms with van der Waals surface area (Å²) in [5.41, 5.74) is 0. The first-order chi connectivity index (χ1) is 7.69. The molecule has 1 atom stereocenters. The van der Waals surface area contributed by atoms with Gasteiger partial charge in [-0.2, -0.15) is 0 Å². The van der Waals surface area contributed by atoms with E-state index in [1.807, 2.05) is 27.7 Å². The van der Waals surface area contributed by atoms with Crippen LogP contribution in [0.5, 0.6) is 0 Å². The second kappa shape index (κ2) is 6.99. The molecule has 0 saturated carbocycles. The Bertz CT molecular complexity index is 336. The van der Waals surface area contributed by atoms with Crippen molar-refractivity contribution < 1.29 is 13.2 Å². The van der Waals surface area contributed by atoms with Crippen molar-refractivity contribution in [3.63, 3.8) is 0 Å². The Kier molecular flexibility index (Phi) is 6.75. The number of hydrogen-bond donors (Lipinski definition) is 0. The molecule has 1 amide bonds. The van der Waals surface area contributed by atoms with Crippen molar-refractivity contribution in [2.45, 2.75) is 46.6 Å². The Balaban J connectivity index is 4.25. The van der Waals surface area contributed by atoms with Crippen LogP contribution in [0.15, 0.2) is 0 Å². The highest BCUT2D eigenvalue weighted by atomic mass is 32.2. The molecule has 5 heteroatoms. The molecule has 0 heterocycles. The van der Waals surface area contributed by atoms with Crippen LogP contribution < -0.4 is 0 Å². The van der Waals surface area contributed by atoms with Crippen LogP contribution in [-0.4, -0.2) is 43.8 Å². The van der Waals surface area contributed by atoms with E-state index in [9.17, 15) is 13.2 Å². The number of carbonyl (C=O) groups is 1. The molecule has 0 fully saturated rings. The maximum Gasteiger partial charge on any atom is 0.223 e. The minimum atomic E-state index is -3.09. The maximum absolute atomic E-state index is 11.7. The SMILES string of the molecule is CCC(C)N(C)C(=O)CCS(=O)(=O)CC(C)C. The lowest BCUT2D eigenvalue weighted by Gasteiger charge is -2.23. The third kappa shape index (κ3) is 6.66. The summed E-state index contributed by atoms with van der Waals surface area (Å²) in [5.74, 6) is 0.145. The molecule has 0 aliphatic rings. The van der Waals surface area contributed by atoms with Gasteiger partial charge in [0.25, 0.3) is 0 Å². The van der Waals surface area contributed by atoms with Crippen molar-refractivity contribution in [3.05, 3.63) is 0 Å². The second-order valence-corrected chi connectivity index (χ2v) is 7.25. The fraction of sp³-hybridized carbons (Fsp3) is 0.917. The van der Waals surface area contributed by atoms with Gasteiger partial charge in [0.15, 0.2) is 9.84 Å². The van der Waals surface area contributed by atoms with Crippen LogP contribution in [-0.2, 0) is 14.6 Å². The molecule has 0 bridgehead atoms. The van der Waals surface area contributed by atoms with Gasteiger partial charge in [-0.25, -0.2) is 8.42 Å². The summed E-state index contributed by atoms with van der Waals surface area (Å²) in [4.78, 5) is 13.4. The molecule has 4 nitrogen and oxygen atoms in total. The van der Waals surface area contributed by atoms with Gasteiger partial charge in [-0.3, -0.25) is 4.79 Å². The first-order valence-corrected chi connectivity index (χ1v) is 7.97. The third-order valence-corrected chi connectivity index (χ3v) is 4.86. The van der Waals surface area contributed by atoms with Crippen LogP contribution in [0.25, 0.3) is 0 Å². The van der Waals surface area contributed by atoms with Gasteiger partial charge in [-0.05, 0) is 19.3 Å². The van der Waals surface area contributed by atoms with Crippen LogP contribution in [0.4, 0.5) is 0 Å². The fourth-order valence-electron chi connectivity index (χ4n) is 1.53. The van der Waals surface area contributed by atoms with Crippen LogP contribution in [0, 0.1) is 5.92 Å². The predicted molar refractivity (Wildman–Crippen MR) is 70.6 cm³/mol. The van der Waals surface area contributed by atoms with Gasteiger partial charge in [0.05, 0.1) is 11.5 Å². The number of carbonyl (C=O) groups excluding carboxylic acids is 1. The van der Waals surface area contributed by atoms with E-state index in [4.69, 9.17) is 0 Å². The molecule has 0 aliphatic carbocycles. The smallest absolute Gasteiger partial charge is 0.223 e. The van der Waals surface area contributed by atoms with Crippen molar-refractivity contribution in [1.82, 2.24) is 4.90 Å². The largest absolute Gasteiger partial charge is 0.343 e. The zero-order valence-electron chi connectivity index (χ0n) is 11.6. The summed E-state index contributed by atoms with van der Waals surface area (Å²) in [6.45, 7) is 7.69. The normalized spacial score (nSPS) is 13.8. The van der Waals surface area contributed by atoms with Crippen LogP contribution >= 0.6 is 0 Å². The number of amides is 1. The van der Waals surface area contributed by atoms with Gasteiger partial charge in [0.1, 0.15) is 0 Å². The maximum atomic E-state index is 11.7. The van der Waals surface area contributed by atoms with Gasteiger partial charge in [0, 0.05) is 19.5 Å². The zero-order valence-corrected chi connectivity index (χ0v) is 12.4. The standard InChI is InChI=1S/C12H25NO3S/c1-6-11(4)13(5)12(14)7-8-17(15,16)9-10(2)3/h10-11H,6-9H2,1-5H3. The molecular weight excluding hydrogens is 238 g/mol. The third-order valence-electron chi connectivity index (χ3n) is 2.86. The lowest BCUT2D eigenvalue weighted by Crippen LogP contribution is -2.35. The van der Waals surface area contributed by atoms with Gasteiger partial charge in [0.2, 0.25) is 5.91 Å². The van der Waals surface area contributed by atoms with Crippen LogP contribution in [0.1, 0.15) is 40.5 Å². The molecule has 0 saturated heterocycles. The Morgan fingerprint density at radius 1 is 1.24 bits per heavy atom. The Morgan fingerprint density at radius 3 is 2.18 bits per heavy atom. The van der Waals surface area contributed by atoms with E-state index in [0.717, 1.165) is 6.42 Å². The predicted octanol–water partition coefficient (Wildman–Crippen LogP) is 1.70. The quantitative estimate of drug-likeness (QED) is 0.702. The van der Waals surface area contributed by atoms with Gasteiger partial charge in [-0.1, -0.05) is 20.8 Å². The molecule has 0 aliphatic heterocycles. The summed E-state index contributed by atoms with van der Waals surface area (Å²) < 4.78 is 23.3. The van der Waals surface area contributed by atoms with Crippen LogP contribution in [0.2, 0.25) is 0 Å².